The molecule has 1 aliphatic heterocycles. The summed E-state index contributed by atoms with van der Waals surface area (Å²) in [7, 11) is 0. The van der Waals surface area contributed by atoms with Crippen molar-refractivity contribution in [3.8, 4) is 0 Å². The lowest BCUT2D eigenvalue weighted by molar-refractivity contribution is 0.0854. The maximum atomic E-state index is 12.9. The van der Waals surface area contributed by atoms with E-state index in [1.807, 2.05) is 18.2 Å². The highest BCUT2D eigenvalue weighted by atomic mass is 79.9. The number of benzene rings is 2. The van der Waals surface area contributed by atoms with Gasteiger partial charge in [0.15, 0.2) is 0 Å². The van der Waals surface area contributed by atoms with E-state index >= 15 is 0 Å². The van der Waals surface area contributed by atoms with Crippen LogP contribution in [0.15, 0.2) is 62.4 Å². The van der Waals surface area contributed by atoms with Crippen LogP contribution in [0.4, 0.5) is 5.69 Å². The lowest BCUT2D eigenvalue weighted by Crippen LogP contribution is -2.34. The van der Waals surface area contributed by atoms with E-state index in [0.29, 0.717) is 28.4 Å². The Hall–Kier alpha value is -2.15. The molecule has 4 rings (SSSR count). The number of carbonyl (C=O) groups is 1. The van der Waals surface area contributed by atoms with Crippen LogP contribution in [-0.4, -0.2) is 25.2 Å². The molecule has 0 unspecified atom stereocenters. The van der Waals surface area contributed by atoms with Gasteiger partial charge in [0.2, 0.25) is 5.55 Å². The quantitative estimate of drug-likeness (QED) is 0.595. The fourth-order valence-corrected chi connectivity index (χ4v) is 3.59. The molecule has 1 fully saturated rings. The van der Waals surface area contributed by atoms with Gasteiger partial charge in [-0.2, -0.15) is 0 Å². The highest BCUT2D eigenvalue weighted by Gasteiger charge is 2.18. The van der Waals surface area contributed by atoms with Gasteiger partial charge in [-0.1, -0.05) is 27.5 Å². The Morgan fingerprint density at radius 1 is 1.21 bits per heavy atom. The van der Waals surface area contributed by atoms with Crippen molar-refractivity contribution >= 4 is 50.1 Å². The molecular weight excluding hydrogens is 444 g/mol. The molecule has 1 aromatic heterocycles. The van der Waals surface area contributed by atoms with Crippen LogP contribution in [0.2, 0.25) is 5.02 Å². The molecule has 0 bridgehead atoms. The number of fused-ring (bicyclic) bond motifs is 1. The number of amides is 1. The topological polar surface area (TPSA) is 63.8 Å². The van der Waals surface area contributed by atoms with E-state index < -0.39 is 0 Å². The Balaban J connectivity index is 1.74. The molecule has 5 nitrogen and oxygen atoms in total. The second-order valence-electron chi connectivity index (χ2n) is 6.58. The third kappa shape index (κ3) is 4.46. The van der Waals surface area contributed by atoms with E-state index in [-0.39, 0.29) is 17.6 Å². The van der Waals surface area contributed by atoms with Crippen LogP contribution in [0.1, 0.15) is 23.2 Å². The summed E-state index contributed by atoms with van der Waals surface area (Å²) in [6, 6.07) is 14.5. The highest BCUT2D eigenvalue weighted by Crippen LogP contribution is 2.21. The summed E-state index contributed by atoms with van der Waals surface area (Å²) in [6.45, 7) is 1.22. The first-order chi connectivity index (χ1) is 13.6. The van der Waals surface area contributed by atoms with Crippen LogP contribution in [-0.2, 0) is 4.74 Å². The van der Waals surface area contributed by atoms with Crippen LogP contribution < -0.4 is 10.9 Å². The summed E-state index contributed by atoms with van der Waals surface area (Å²) in [5, 5.41) is 4.37. The smallest absolute Gasteiger partial charge is 0.256 e. The van der Waals surface area contributed by atoms with Gasteiger partial charge in [-0.05, 0) is 61.4 Å². The molecule has 1 saturated heterocycles. The number of ether oxygens (including phenoxy) is 1. The van der Waals surface area contributed by atoms with Crippen LogP contribution in [0.5, 0.6) is 0 Å². The third-order valence-corrected chi connectivity index (χ3v) is 5.27. The number of hydrogen-bond acceptors (Lipinski definition) is 4. The molecule has 7 heteroatoms. The maximum absolute atomic E-state index is 12.9. The van der Waals surface area contributed by atoms with Crippen LogP contribution in [0, 0.1) is 0 Å². The molecule has 2 heterocycles. The summed E-state index contributed by atoms with van der Waals surface area (Å²) in [4.78, 5) is 17.4. The van der Waals surface area contributed by atoms with Gasteiger partial charge in [-0.15, -0.1) is 0 Å². The second kappa shape index (κ2) is 8.47. The van der Waals surface area contributed by atoms with Gasteiger partial charge in [0, 0.05) is 28.0 Å². The van der Waals surface area contributed by atoms with Crippen molar-refractivity contribution in [2.45, 2.75) is 18.9 Å². The van der Waals surface area contributed by atoms with Gasteiger partial charge in [0.05, 0.1) is 11.8 Å². The van der Waals surface area contributed by atoms with Gasteiger partial charge in [-0.3, -0.25) is 4.79 Å². The Kier molecular flexibility index (Phi) is 5.80. The summed E-state index contributed by atoms with van der Waals surface area (Å²) >= 11 is 9.40. The Bertz CT molecular complexity index is 1070. The van der Waals surface area contributed by atoms with Crippen LogP contribution in [0.25, 0.3) is 11.0 Å². The molecule has 3 aromatic rings. The first-order valence-corrected chi connectivity index (χ1v) is 10.2. The number of hydrogen-bond donors (Lipinski definition) is 1. The fourth-order valence-electron chi connectivity index (χ4n) is 3.09. The van der Waals surface area contributed by atoms with E-state index in [1.165, 1.54) is 0 Å². The van der Waals surface area contributed by atoms with Gasteiger partial charge in [-0.25, -0.2) is 4.99 Å². The molecule has 1 aliphatic rings. The van der Waals surface area contributed by atoms with Crippen molar-refractivity contribution in [1.29, 1.82) is 0 Å². The average molecular weight is 462 g/mol. The normalized spacial score (nSPS) is 17.2. The molecule has 0 radical (unpaired) electrons. The molecule has 0 aliphatic carbocycles. The zero-order valence-corrected chi connectivity index (χ0v) is 17.3. The molecule has 0 saturated carbocycles. The Labute approximate surface area is 175 Å². The predicted octanol–water partition coefficient (Wildman–Crippen LogP) is 4.99. The fraction of sp³-hybridized carbons (Fsp3) is 0.238. The Morgan fingerprint density at radius 2 is 2.04 bits per heavy atom. The number of nitrogens with one attached hydrogen (secondary N) is 1. The monoisotopic (exact) mass is 460 g/mol. The zero-order chi connectivity index (χ0) is 19.5. The standard InChI is InChI=1S/C21H18BrClN2O3/c22-14-3-8-19-13(10-14)11-18(20(26)24-12-17-2-1-9-27-17)21(28-19)25-16-6-4-15(23)5-7-16/h3-8,10-11,17H,1-2,9,12H2,(H,24,26)/t17-/m0/s1. The second-order valence-corrected chi connectivity index (χ2v) is 7.93. The molecule has 1 atom stereocenters. The molecule has 144 valence electrons. The minimum atomic E-state index is -0.242. The first-order valence-electron chi connectivity index (χ1n) is 9.02. The summed E-state index contributed by atoms with van der Waals surface area (Å²) in [5.74, 6) is -0.242. The molecule has 1 amide bonds. The third-order valence-electron chi connectivity index (χ3n) is 4.52. The van der Waals surface area contributed by atoms with E-state index in [1.54, 1.807) is 30.3 Å². The molecule has 0 spiro atoms. The highest BCUT2D eigenvalue weighted by molar-refractivity contribution is 9.10. The predicted molar refractivity (Wildman–Crippen MR) is 112 cm³/mol. The van der Waals surface area contributed by atoms with E-state index in [2.05, 4.69) is 26.2 Å². The summed E-state index contributed by atoms with van der Waals surface area (Å²) in [5.41, 5.74) is 1.92. The van der Waals surface area contributed by atoms with Crippen molar-refractivity contribution in [3.05, 3.63) is 69.1 Å². The minimum absolute atomic E-state index is 0.0622. The first kappa shape index (κ1) is 19.2. The largest absolute Gasteiger partial charge is 0.438 e. The number of halogens is 2. The SMILES string of the molecule is O=C(NC[C@@H]1CCCO1)c1cc2cc(Br)ccc2oc1=Nc1ccc(Cl)cc1. The summed E-state index contributed by atoms with van der Waals surface area (Å²) in [6.07, 6.45) is 2.04. The number of carbonyl (C=O) groups excluding carboxylic acids is 1. The molecule has 28 heavy (non-hydrogen) atoms. The lowest BCUT2D eigenvalue weighted by atomic mass is 10.1. The summed E-state index contributed by atoms with van der Waals surface area (Å²) < 4.78 is 12.5. The molecule has 1 N–H and O–H groups in total. The van der Waals surface area contributed by atoms with Crippen molar-refractivity contribution in [1.82, 2.24) is 5.32 Å². The van der Waals surface area contributed by atoms with Crippen molar-refractivity contribution < 1.29 is 13.9 Å². The van der Waals surface area contributed by atoms with Gasteiger partial charge in [0.25, 0.3) is 5.91 Å². The average Bonchev–Trinajstić information content (AvgIpc) is 3.21. The molecule has 2 aromatic carbocycles. The zero-order valence-electron chi connectivity index (χ0n) is 15.0. The number of nitrogens with zero attached hydrogens (tertiary/aromatic N) is 1. The van der Waals surface area contributed by atoms with Crippen molar-refractivity contribution in [2.75, 3.05) is 13.2 Å². The van der Waals surface area contributed by atoms with E-state index in [9.17, 15) is 4.79 Å². The van der Waals surface area contributed by atoms with Gasteiger partial charge < -0.3 is 14.5 Å². The lowest BCUT2D eigenvalue weighted by Gasteiger charge is -2.11. The van der Waals surface area contributed by atoms with Crippen LogP contribution >= 0.6 is 27.5 Å². The van der Waals surface area contributed by atoms with Crippen molar-refractivity contribution in [2.24, 2.45) is 4.99 Å². The molecular formula is C21H18BrClN2O3. The maximum Gasteiger partial charge on any atom is 0.256 e. The Morgan fingerprint density at radius 3 is 2.79 bits per heavy atom. The van der Waals surface area contributed by atoms with Crippen molar-refractivity contribution in [3.63, 3.8) is 0 Å². The minimum Gasteiger partial charge on any atom is -0.438 e. The van der Waals surface area contributed by atoms with Gasteiger partial charge >= 0.3 is 0 Å². The van der Waals surface area contributed by atoms with Crippen LogP contribution in [0.3, 0.4) is 0 Å². The van der Waals surface area contributed by atoms with Gasteiger partial charge in [0.1, 0.15) is 11.1 Å². The number of rotatable bonds is 4. The van der Waals surface area contributed by atoms with E-state index in [4.69, 9.17) is 20.8 Å². The van der Waals surface area contributed by atoms with E-state index in [0.717, 1.165) is 29.3 Å².